The van der Waals surface area contributed by atoms with Crippen molar-refractivity contribution in [1.29, 1.82) is 0 Å². The quantitative estimate of drug-likeness (QED) is 0.623. The number of fused-ring (bicyclic) bond motifs is 1. The summed E-state index contributed by atoms with van der Waals surface area (Å²) in [5.41, 5.74) is 1.75. The number of benzene rings is 1. The fraction of sp³-hybridized carbons (Fsp3) is 0.400. The standard InChI is InChI=1S/C20H23NO5/c1-5-15-11(2)17-16(12(3)22)19(23)21(17)18(15)20(24)26-10-13-6-8-14(25-4)9-7-13/h5-9,11-12,16-17,22H,1,10H2,2-4H3/t11-,12+,16+,17+/m0/s1. The first-order valence-corrected chi connectivity index (χ1v) is 8.58. The molecule has 138 valence electrons. The zero-order valence-electron chi connectivity index (χ0n) is 15.1. The third-order valence-corrected chi connectivity index (χ3v) is 5.17. The molecule has 0 spiro atoms. The van der Waals surface area contributed by atoms with Crippen LogP contribution in [0.1, 0.15) is 19.4 Å². The van der Waals surface area contributed by atoms with Gasteiger partial charge in [0.15, 0.2) is 0 Å². The highest BCUT2D eigenvalue weighted by molar-refractivity contribution is 6.01. The van der Waals surface area contributed by atoms with Gasteiger partial charge in [0.05, 0.1) is 25.2 Å². The monoisotopic (exact) mass is 357 g/mol. The van der Waals surface area contributed by atoms with E-state index in [0.717, 1.165) is 11.3 Å². The summed E-state index contributed by atoms with van der Waals surface area (Å²) in [5.74, 6) is -0.646. The molecule has 1 N–H and O–H groups in total. The minimum Gasteiger partial charge on any atom is -0.497 e. The minimum atomic E-state index is -0.757. The Kier molecular flexibility index (Phi) is 4.87. The fourth-order valence-electron chi connectivity index (χ4n) is 3.79. The summed E-state index contributed by atoms with van der Waals surface area (Å²) in [7, 11) is 1.58. The number of esters is 1. The van der Waals surface area contributed by atoms with Gasteiger partial charge in [0.1, 0.15) is 18.1 Å². The van der Waals surface area contributed by atoms with Crippen molar-refractivity contribution in [2.24, 2.45) is 11.8 Å². The molecular weight excluding hydrogens is 334 g/mol. The zero-order valence-corrected chi connectivity index (χ0v) is 15.1. The molecule has 2 aliphatic rings. The van der Waals surface area contributed by atoms with Crippen molar-refractivity contribution in [3.05, 3.63) is 53.8 Å². The number of β-lactam (4-membered cyclic amide) rings is 1. The summed E-state index contributed by atoms with van der Waals surface area (Å²) in [6.07, 6.45) is 0.839. The molecule has 1 saturated heterocycles. The molecule has 1 aromatic rings. The molecule has 4 atom stereocenters. The Morgan fingerprint density at radius 3 is 2.58 bits per heavy atom. The lowest BCUT2D eigenvalue weighted by Gasteiger charge is -2.46. The normalized spacial score (nSPS) is 25.5. The average Bonchev–Trinajstić information content (AvgIpc) is 2.88. The van der Waals surface area contributed by atoms with E-state index in [2.05, 4.69) is 6.58 Å². The van der Waals surface area contributed by atoms with Crippen LogP contribution in [0.2, 0.25) is 0 Å². The molecule has 3 rings (SSSR count). The summed E-state index contributed by atoms with van der Waals surface area (Å²) in [5, 5.41) is 9.87. The van der Waals surface area contributed by atoms with Gasteiger partial charge in [-0.1, -0.05) is 31.7 Å². The Balaban J connectivity index is 1.76. The van der Waals surface area contributed by atoms with E-state index in [1.54, 1.807) is 32.2 Å². The van der Waals surface area contributed by atoms with Crippen LogP contribution < -0.4 is 4.74 Å². The van der Waals surface area contributed by atoms with Gasteiger partial charge in [-0.25, -0.2) is 4.79 Å². The van der Waals surface area contributed by atoms with Gasteiger partial charge in [-0.05, 0) is 30.2 Å². The van der Waals surface area contributed by atoms with Gasteiger partial charge in [-0.2, -0.15) is 0 Å². The molecule has 0 saturated carbocycles. The topological polar surface area (TPSA) is 76.1 Å². The molecule has 6 heteroatoms. The summed E-state index contributed by atoms with van der Waals surface area (Å²) in [4.78, 5) is 26.5. The molecule has 1 fully saturated rings. The molecular formula is C20H23NO5. The van der Waals surface area contributed by atoms with E-state index in [4.69, 9.17) is 9.47 Å². The molecule has 0 aliphatic carbocycles. The molecule has 1 amide bonds. The molecule has 0 radical (unpaired) electrons. The van der Waals surface area contributed by atoms with Crippen LogP contribution in [0, 0.1) is 11.8 Å². The largest absolute Gasteiger partial charge is 0.497 e. The predicted octanol–water partition coefficient (Wildman–Crippen LogP) is 2.04. The van der Waals surface area contributed by atoms with E-state index in [9.17, 15) is 14.7 Å². The first-order valence-electron chi connectivity index (χ1n) is 8.58. The summed E-state index contributed by atoms with van der Waals surface area (Å²) < 4.78 is 10.5. The van der Waals surface area contributed by atoms with Crippen molar-refractivity contribution >= 4 is 11.9 Å². The molecule has 2 heterocycles. The number of hydrogen-bond acceptors (Lipinski definition) is 5. The number of hydrogen-bond donors (Lipinski definition) is 1. The highest BCUT2D eigenvalue weighted by Gasteiger charge is 2.59. The van der Waals surface area contributed by atoms with E-state index in [-0.39, 0.29) is 30.2 Å². The minimum absolute atomic E-state index is 0.0756. The number of carbonyl (C=O) groups excluding carboxylic acids is 2. The van der Waals surface area contributed by atoms with Gasteiger partial charge in [-0.15, -0.1) is 0 Å². The predicted molar refractivity (Wildman–Crippen MR) is 95.0 cm³/mol. The van der Waals surface area contributed by atoms with E-state index in [1.807, 2.05) is 19.1 Å². The Bertz CT molecular complexity index is 765. The van der Waals surface area contributed by atoms with Gasteiger partial charge < -0.3 is 19.5 Å². The summed E-state index contributed by atoms with van der Waals surface area (Å²) >= 11 is 0. The van der Waals surface area contributed by atoms with Crippen LogP contribution in [0.5, 0.6) is 5.75 Å². The fourth-order valence-corrected chi connectivity index (χ4v) is 3.79. The second kappa shape index (κ2) is 6.96. The molecule has 0 bridgehead atoms. The Morgan fingerprint density at radius 1 is 1.38 bits per heavy atom. The van der Waals surface area contributed by atoms with Crippen LogP contribution in [0.3, 0.4) is 0 Å². The lowest BCUT2D eigenvalue weighted by Crippen LogP contribution is -2.63. The van der Waals surface area contributed by atoms with Crippen molar-refractivity contribution in [3.63, 3.8) is 0 Å². The van der Waals surface area contributed by atoms with Crippen LogP contribution in [0.4, 0.5) is 0 Å². The van der Waals surface area contributed by atoms with E-state index in [1.165, 1.54) is 4.90 Å². The maximum Gasteiger partial charge on any atom is 0.355 e. The number of ether oxygens (including phenoxy) is 2. The van der Waals surface area contributed by atoms with E-state index < -0.39 is 18.0 Å². The molecule has 6 nitrogen and oxygen atoms in total. The van der Waals surface area contributed by atoms with Crippen molar-refractivity contribution in [2.75, 3.05) is 7.11 Å². The summed E-state index contributed by atoms with van der Waals surface area (Å²) in [6.45, 7) is 7.40. The van der Waals surface area contributed by atoms with E-state index >= 15 is 0 Å². The third-order valence-electron chi connectivity index (χ3n) is 5.17. The van der Waals surface area contributed by atoms with Crippen molar-refractivity contribution in [2.45, 2.75) is 32.6 Å². The number of methoxy groups -OCH3 is 1. The van der Waals surface area contributed by atoms with Gasteiger partial charge in [0.2, 0.25) is 5.91 Å². The van der Waals surface area contributed by atoms with Crippen LogP contribution >= 0.6 is 0 Å². The second-order valence-electron chi connectivity index (χ2n) is 6.69. The molecule has 0 aromatic heterocycles. The highest BCUT2D eigenvalue weighted by atomic mass is 16.5. The number of amides is 1. The van der Waals surface area contributed by atoms with Crippen LogP contribution in [-0.2, 0) is 20.9 Å². The number of aliphatic hydroxyl groups excluding tert-OH is 1. The Hall–Kier alpha value is -2.60. The lowest BCUT2D eigenvalue weighted by atomic mass is 9.78. The maximum absolute atomic E-state index is 12.7. The average molecular weight is 357 g/mol. The molecule has 0 unspecified atom stereocenters. The van der Waals surface area contributed by atoms with Crippen LogP contribution in [0.15, 0.2) is 48.2 Å². The SMILES string of the molecule is C=CC1=C(C(=O)OCc2ccc(OC)cc2)N2C(=O)[C@H]([C@@H](C)O)[C@H]2[C@H]1C. The van der Waals surface area contributed by atoms with Crippen molar-refractivity contribution in [3.8, 4) is 5.75 Å². The first kappa shape index (κ1) is 18.2. The number of nitrogens with zero attached hydrogens (tertiary/aromatic N) is 1. The van der Waals surface area contributed by atoms with Gasteiger partial charge in [0.25, 0.3) is 0 Å². The van der Waals surface area contributed by atoms with Crippen LogP contribution in [0.25, 0.3) is 0 Å². The second-order valence-corrected chi connectivity index (χ2v) is 6.69. The van der Waals surface area contributed by atoms with Crippen molar-refractivity contribution < 1.29 is 24.2 Å². The van der Waals surface area contributed by atoms with Crippen LogP contribution in [-0.4, -0.2) is 41.1 Å². The first-order chi connectivity index (χ1) is 12.4. The summed E-state index contributed by atoms with van der Waals surface area (Å²) in [6, 6.07) is 6.98. The number of carbonyl (C=O) groups is 2. The molecule has 2 aliphatic heterocycles. The van der Waals surface area contributed by atoms with Gasteiger partial charge in [0, 0.05) is 5.92 Å². The van der Waals surface area contributed by atoms with E-state index in [0.29, 0.717) is 5.57 Å². The molecule has 1 aromatic carbocycles. The maximum atomic E-state index is 12.7. The van der Waals surface area contributed by atoms with Gasteiger partial charge >= 0.3 is 5.97 Å². The Labute approximate surface area is 152 Å². The van der Waals surface area contributed by atoms with Crippen molar-refractivity contribution in [1.82, 2.24) is 4.90 Å². The Morgan fingerprint density at radius 2 is 2.04 bits per heavy atom. The molecule has 26 heavy (non-hydrogen) atoms. The number of allylic oxidation sites excluding steroid dienone is 1. The third kappa shape index (κ3) is 2.80. The number of aliphatic hydroxyl groups is 1. The lowest BCUT2D eigenvalue weighted by molar-refractivity contribution is -0.164. The zero-order chi connectivity index (χ0) is 19.0. The van der Waals surface area contributed by atoms with Gasteiger partial charge in [-0.3, -0.25) is 4.79 Å². The smallest absolute Gasteiger partial charge is 0.355 e. The number of rotatable bonds is 6. The highest BCUT2D eigenvalue weighted by Crippen LogP contribution is 2.47.